The molecule has 1 fully saturated rings. The van der Waals surface area contributed by atoms with Gasteiger partial charge < -0.3 is 10.1 Å². The first-order valence-electron chi connectivity index (χ1n) is 11.4. The lowest BCUT2D eigenvalue weighted by Crippen LogP contribution is -2.54. The Bertz CT molecular complexity index is 1450. The average Bonchev–Trinajstić information content (AvgIpc) is 2.84. The van der Waals surface area contributed by atoms with Crippen LogP contribution in [0.25, 0.3) is 6.08 Å². The number of benzene rings is 3. The number of imide groups is 2. The standard InChI is InChI=1S/C28H24ClN3O5/c1-16-4-8-20(9-5-16)30-25(33)15-37-24-11-7-19(14-23(24)29)13-22-26(34)31-28(36)32(27(22)35)21-10-6-17(2)18(3)12-21/h4-14H,15H2,1-3H3,(H,30,33)(H,31,34,36)/b22-13+. The van der Waals surface area contributed by atoms with E-state index >= 15 is 0 Å². The van der Waals surface area contributed by atoms with Crippen molar-refractivity contribution in [1.82, 2.24) is 5.32 Å². The summed E-state index contributed by atoms with van der Waals surface area (Å²) >= 11 is 6.32. The third-order valence-electron chi connectivity index (χ3n) is 5.81. The predicted octanol–water partition coefficient (Wildman–Crippen LogP) is 4.95. The molecule has 0 saturated carbocycles. The summed E-state index contributed by atoms with van der Waals surface area (Å²) in [5.41, 5.74) is 4.20. The van der Waals surface area contributed by atoms with Crippen molar-refractivity contribution in [2.24, 2.45) is 0 Å². The van der Waals surface area contributed by atoms with Crippen LogP contribution in [0.15, 0.2) is 66.2 Å². The minimum Gasteiger partial charge on any atom is -0.482 e. The maximum atomic E-state index is 13.1. The molecule has 0 unspecified atom stereocenters. The van der Waals surface area contributed by atoms with Gasteiger partial charge in [-0.25, -0.2) is 9.69 Å². The molecule has 37 heavy (non-hydrogen) atoms. The number of hydrogen-bond donors (Lipinski definition) is 2. The van der Waals surface area contributed by atoms with Gasteiger partial charge in [-0.3, -0.25) is 19.7 Å². The molecule has 9 heteroatoms. The average molecular weight is 518 g/mol. The third kappa shape index (κ3) is 5.87. The van der Waals surface area contributed by atoms with E-state index in [0.29, 0.717) is 16.9 Å². The maximum Gasteiger partial charge on any atom is 0.335 e. The molecule has 0 radical (unpaired) electrons. The SMILES string of the molecule is Cc1ccc(NC(=O)COc2ccc(/C=C3\C(=O)NC(=O)N(c4ccc(C)c(C)c4)C3=O)cc2Cl)cc1. The molecule has 4 rings (SSSR count). The zero-order valence-corrected chi connectivity index (χ0v) is 21.2. The van der Waals surface area contributed by atoms with Crippen molar-refractivity contribution in [1.29, 1.82) is 0 Å². The van der Waals surface area contributed by atoms with Crippen LogP contribution < -0.4 is 20.3 Å². The molecular weight excluding hydrogens is 494 g/mol. The van der Waals surface area contributed by atoms with Gasteiger partial charge in [-0.2, -0.15) is 0 Å². The Kier molecular flexibility index (Phi) is 7.40. The Labute approximate surface area is 218 Å². The molecule has 3 aromatic rings. The molecule has 1 saturated heterocycles. The largest absolute Gasteiger partial charge is 0.482 e. The number of carbonyl (C=O) groups excluding carboxylic acids is 4. The molecule has 0 aliphatic carbocycles. The van der Waals surface area contributed by atoms with Crippen molar-refractivity contribution in [3.05, 3.63) is 93.5 Å². The Hall–Kier alpha value is -4.43. The number of nitrogens with one attached hydrogen (secondary N) is 2. The van der Waals surface area contributed by atoms with E-state index < -0.39 is 17.8 Å². The van der Waals surface area contributed by atoms with E-state index in [1.165, 1.54) is 18.2 Å². The summed E-state index contributed by atoms with van der Waals surface area (Å²) in [7, 11) is 0. The van der Waals surface area contributed by atoms with E-state index in [2.05, 4.69) is 10.6 Å². The van der Waals surface area contributed by atoms with E-state index in [0.717, 1.165) is 21.6 Å². The summed E-state index contributed by atoms with van der Waals surface area (Å²) in [5.74, 6) is -1.65. The number of carbonyl (C=O) groups is 4. The van der Waals surface area contributed by atoms with Crippen LogP contribution in [0.1, 0.15) is 22.3 Å². The van der Waals surface area contributed by atoms with Crippen molar-refractivity contribution in [2.75, 3.05) is 16.8 Å². The number of nitrogens with zero attached hydrogens (tertiary/aromatic N) is 1. The lowest BCUT2D eigenvalue weighted by Gasteiger charge is -2.26. The minimum atomic E-state index is -0.818. The van der Waals surface area contributed by atoms with Gasteiger partial charge in [0.05, 0.1) is 10.7 Å². The van der Waals surface area contributed by atoms with Crippen LogP contribution in [0.2, 0.25) is 5.02 Å². The Balaban J connectivity index is 1.48. The molecule has 0 aromatic heterocycles. The van der Waals surface area contributed by atoms with Gasteiger partial charge in [0.1, 0.15) is 11.3 Å². The molecule has 1 aliphatic rings. The molecule has 1 aliphatic heterocycles. The highest BCUT2D eigenvalue weighted by atomic mass is 35.5. The van der Waals surface area contributed by atoms with Crippen molar-refractivity contribution in [3.8, 4) is 5.75 Å². The smallest absolute Gasteiger partial charge is 0.335 e. The van der Waals surface area contributed by atoms with Crippen molar-refractivity contribution in [2.45, 2.75) is 20.8 Å². The van der Waals surface area contributed by atoms with Gasteiger partial charge in [-0.05, 0) is 79.9 Å². The summed E-state index contributed by atoms with van der Waals surface area (Å²) in [6.45, 7) is 5.47. The fourth-order valence-corrected chi connectivity index (χ4v) is 3.87. The van der Waals surface area contributed by atoms with Crippen LogP contribution in [0, 0.1) is 20.8 Å². The zero-order chi connectivity index (χ0) is 26.7. The van der Waals surface area contributed by atoms with Gasteiger partial charge in [0.2, 0.25) is 0 Å². The normalized spacial score (nSPS) is 14.5. The van der Waals surface area contributed by atoms with Crippen LogP contribution in [-0.4, -0.2) is 30.4 Å². The van der Waals surface area contributed by atoms with Crippen LogP contribution in [0.5, 0.6) is 5.75 Å². The number of rotatable bonds is 6. The second-order valence-electron chi connectivity index (χ2n) is 8.62. The summed E-state index contributed by atoms with van der Waals surface area (Å²) in [6, 6.07) is 16.3. The van der Waals surface area contributed by atoms with Gasteiger partial charge in [0, 0.05) is 5.69 Å². The first-order valence-corrected chi connectivity index (χ1v) is 11.8. The molecule has 8 nitrogen and oxygen atoms in total. The monoisotopic (exact) mass is 517 g/mol. The molecule has 5 amide bonds. The maximum absolute atomic E-state index is 13.1. The second-order valence-corrected chi connectivity index (χ2v) is 9.03. The summed E-state index contributed by atoms with van der Waals surface area (Å²) < 4.78 is 5.53. The Morgan fingerprint density at radius 2 is 1.70 bits per heavy atom. The van der Waals surface area contributed by atoms with Crippen LogP contribution in [0.3, 0.4) is 0 Å². The molecule has 2 N–H and O–H groups in total. The number of urea groups is 1. The number of anilines is 2. The highest BCUT2D eigenvalue weighted by Gasteiger charge is 2.36. The molecule has 0 spiro atoms. The van der Waals surface area contributed by atoms with Gasteiger partial charge in [0.15, 0.2) is 6.61 Å². The van der Waals surface area contributed by atoms with E-state index in [9.17, 15) is 19.2 Å². The van der Waals surface area contributed by atoms with Gasteiger partial charge in [-0.15, -0.1) is 0 Å². The molecule has 0 atom stereocenters. The first-order chi connectivity index (χ1) is 17.6. The van der Waals surface area contributed by atoms with Gasteiger partial charge in [0.25, 0.3) is 17.7 Å². The van der Waals surface area contributed by atoms with Crippen molar-refractivity contribution < 1.29 is 23.9 Å². The van der Waals surface area contributed by atoms with Crippen molar-refractivity contribution >= 4 is 52.8 Å². The third-order valence-corrected chi connectivity index (χ3v) is 6.11. The number of hydrogen-bond acceptors (Lipinski definition) is 5. The van der Waals surface area contributed by atoms with Gasteiger partial charge >= 0.3 is 6.03 Å². The highest BCUT2D eigenvalue weighted by Crippen LogP contribution is 2.28. The van der Waals surface area contributed by atoms with Crippen LogP contribution >= 0.6 is 11.6 Å². The van der Waals surface area contributed by atoms with E-state index in [-0.39, 0.29) is 28.9 Å². The molecule has 1 heterocycles. The van der Waals surface area contributed by atoms with Crippen LogP contribution in [-0.2, 0) is 14.4 Å². The van der Waals surface area contributed by atoms with Crippen LogP contribution in [0.4, 0.5) is 16.2 Å². The summed E-state index contributed by atoms with van der Waals surface area (Å²) in [6.07, 6.45) is 1.35. The molecule has 3 aromatic carbocycles. The summed E-state index contributed by atoms with van der Waals surface area (Å²) in [4.78, 5) is 51.1. The fourth-order valence-electron chi connectivity index (χ4n) is 3.62. The van der Waals surface area contributed by atoms with Crippen molar-refractivity contribution in [3.63, 3.8) is 0 Å². The number of ether oxygens (including phenoxy) is 1. The van der Waals surface area contributed by atoms with E-state index in [1.807, 2.05) is 32.9 Å². The van der Waals surface area contributed by atoms with Gasteiger partial charge in [-0.1, -0.05) is 41.4 Å². The molecular formula is C28H24ClN3O5. The molecule has 0 bridgehead atoms. The Morgan fingerprint density at radius 3 is 2.38 bits per heavy atom. The summed E-state index contributed by atoms with van der Waals surface area (Å²) in [5, 5.41) is 5.12. The highest BCUT2D eigenvalue weighted by molar-refractivity contribution is 6.39. The topological polar surface area (TPSA) is 105 Å². The molecule has 188 valence electrons. The predicted molar refractivity (Wildman–Crippen MR) is 142 cm³/mol. The van der Waals surface area contributed by atoms with E-state index in [1.54, 1.807) is 36.4 Å². The fraction of sp³-hybridized carbons (Fsp3) is 0.143. The minimum absolute atomic E-state index is 0.184. The Morgan fingerprint density at radius 1 is 0.973 bits per heavy atom. The number of barbiturate groups is 1. The lowest BCUT2D eigenvalue weighted by atomic mass is 10.0. The second kappa shape index (κ2) is 10.7. The lowest BCUT2D eigenvalue weighted by molar-refractivity contribution is -0.122. The quantitative estimate of drug-likeness (QED) is 0.355. The number of halogens is 1. The zero-order valence-electron chi connectivity index (χ0n) is 20.4. The van der Waals surface area contributed by atoms with E-state index in [4.69, 9.17) is 16.3 Å². The number of amides is 5. The number of aryl methyl sites for hydroxylation is 3. The first kappa shape index (κ1) is 25.7.